The Labute approximate surface area is 204 Å². The lowest BCUT2D eigenvalue weighted by Gasteiger charge is -2.28. The highest BCUT2D eigenvalue weighted by atomic mass is 32.2. The summed E-state index contributed by atoms with van der Waals surface area (Å²) in [5.41, 5.74) is 2.75. The molecule has 0 aliphatic heterocycles. The molecule has 0 unspecified atom stereocenters. The van der Waals surface area contributed by atoms with Gasteiger partial charge in [-0.25, -0.2) is 18.1 Å². The van der Waals surface area contributed by atoms with Crippen LogP contribution in [-0.4, -0.2) is 42.4 Å². The number of H-pyrrole nitrogens is 1. The third-order valence-electron chi connectivity index (χ3n) is 5.98. The molecule has 0 radical (unpaired) electrons. The number of sulfonamides is 1. The van der Waals surface area contributed by atoms with Crippen LogP contribution in [0.3, 0.4) is 0 Å². The number of carbonyl (C=O) groups is 2. The van der Waals surface area contributed by atoms with Gasteiger partial charge in [-0.2, -0.15) is 0 Å². The molecule has 1 aromatic heterocycles. The number of amides is 1. The van der Waals surface area contributed by atoms with Crippen LogP contribution in [0.2, 0.25) is 0 Å². The lowest BCUT2D eigenvalue weighted by atomic mass is 9.86. The molecule has 1 heterocycles. The zero-order chi connectivity index (χ0) is 25.2. The fraction of sp³-hybridized carbons (Fsp3) is 0.400. The first kappa shape index (κ1) is 24.9. The van der Waals surface area contributed by atoms with Crippen molar-refractivity contribution in [2.45, 2.75) is 63.5 Å². The Bertz CT molecular complexity index is 1320. The van der Waals surface area contributed by atoms with Gasteiger partial charge in [0.05, 0.1) is 28.0 Å². The van der Waals surface area contributed by atoms with Gasteiger partial charge in [-0.1, -0.05) is 0 Å². The fourth-order valence-corrected chi connectivity index (χ4v) is 5.60. The smallest absolute Gasteiger partial charge is 0.309 e. The highest BCUT2D eigenvalue weighted by Crippen LogP contribution is 2.28. The van der Waals surface area contributed by atoms with Crippen molar-refractivity contribution >= 4 is 38.6 Å². The summed E-state index contributed by atoms with van der Waals surface area (Å²) in [4.78, 5) is 31.2. The Kier molecular flexibility index (Phi) is 7.23. The van der Waals surface area contributed by atoms with E-state index in [0.717, 1.165) is 5.56 Å². The maximum Gasteiger partial charge on any atom is 0.309 e. The zero-order valence-corrected chi connectivity index (χ0v) is 20.8. The van der Waals surface area contributed by atoms with E-state index in [1.807, 2.05) is 26.0 Å². The number of ether oxygens (including phenoxy) is 1. The van der Waals surface area contributed by atoms with E-state index in [1.54, 1.807) is 30.3 Å². The van der Waals surface area contributed by atoms with Crippen LogP contribution in [0.5, 0.6) is 0 Å². The molecule has 3 N–H and O–H groups in total. The predicted molar refractivity (Wildman–Crippen MR) is 133 cm³/mol. The summed E-state index contributed by atoms with van der Waals surface area (Å²) >= 11 is 0. The molecule has 1 saturated carbocycles. The van der Waals surface area contributed by atoms with Crippen LogP contribution in [-0.2, 0) is 24.3 Å². The second-order valence-electron chi connectivity index (χ2n) is 9.18. The number of anilines is 1. The van der Waals surface area contributed by atoms with Crippen molar-refractivity contribution in [3.8, 4) is 11.4 Å². The molecule has 1 fully saturated rings. The first-order chi connectivity index (χ1) is 16.6. The highest BCUT2D eigenvalue weighted by molar-refractivity contribution is 7.89. The Hall–Kier alpha value is -3.24. The van der Waals surface area contributed by atoms with E-state index in [4.69, 9.17) is 4.74 Å². The molecule has 10 heteroatoms. The molecule has 35 heavy (non-hydrogen) atoms. The second-order valence-corrected chi connectivity index (χ2v) is 10.9. The van der Waals surface area contributed by atoms with Crippen molar-refractivity contribution in [2.24, 2.45) is 5.92 Å². The molecule has 1 amide bonds. The second kappa shape index (κ2) is 10.2. The maximum absolute atomic E-state index is 13.0. The van der Waals surface area contributed by atoms with Gasteiger partial charge in [0.2, 0.25) is 15.9 Å². The van der Waals surface area contributed by atoms with Crippen molar-refractivity contribution in [1.82, 2.24) is 14.7 Å². The SMILES string of the molecule is CC(=O)Nc1ccc(-c2nc3ccc(S(=O)(=O)NC4CCC(C(=O)OC(C)C)CC4)cc3[nH]2)cc1. The minimum absolute atomic E-state index is 0.148. The number of imidazole rings is 1. The molecule has 1 aliphatic rings. The van der Waals surface area contributed by atoms with Gasteiger partial charge in [0.15, 0.2) is 0 Å². The number of carbonyl (C=O) groups excluding carboxylic acids is 2. The molecule has 0 saturated heterocycles. The summed E-state index contributed by atoms with van der Waals surface area (Å²) in [6, 6.07) is 11.8. The molecule has 0 atom stereocenters. The molecule has 4 rings (SSSR count). The minimum Gasteiger partial charge on any atom is -0.463 e. The van der Waals surface area contributed by atoms with Gasteiger partial charge in [-0.15, -0.1) is 0 Å². The van der Waals surface area contributed by atoms with Crippen LogP contribution in [0.4, 0.5) is 5.69 Å². The average molecular weight is 499 g/mol. The lowest BCUT2D eigenvalue weighted by Crippen LogP contribution is -2.39. The molecule has 0 bridgehead atoms. The minimum atomic E-state index is -3.73. The predicted octanol–water partition coefficient (Wildman–Crippen LogP) is 3.98. The Morgan fingerprint density at radius 3 is 2.37 bits per heavy atom. The zero-order valence-electron chi connectivity index (χ0n) is 20.0. The van der Waals surface area contributed by atoms with Crippen LogP contribution in [0, 0.1) is 5.92 Å². The molecular formula is C25H30N4O5S. The number of nitrogens with zero attached hydrogens (tertiary/aromatic N) is 1. The average Bonchev–Trinajstić information content (AvgIpc) is 3.22. The first-order valence-electron chi connectivity index (χ1n) is 11.7. The Balaban J connectivity index is 1.44. The quantitative estimate of drug-likeness (QED) is 0.423. The Morgan fingerprint density at radius 2 is 1.74 bits per heavy atom. The van der Waals surface area contributed by atoms with Crippen LogP contribution in [0.25, 0.3) is 22.4 Å². The number of hydrogen-bond donors (Lipinski definition) is 3. The first-order valence-corrected chi connectivity index (χ1v) is 13.2. The van der Waals surface area contributed by atoms with E-state index in [0.29, 0.717) is 48.2 Å². The van der Waals surface area contributed by atoms with Gasteiger partial charge < -0.3 is 15.0 Å². The molecule has 2 aromatic carbocycles. The summed E-state index contributed by atoms with van der Waals surface area (Å²) in [5.74, 6) is 0.0748. The van der Waals surface area contributed by atoms with Gasteiger partial charge in [-0.05, 0) is 82.0 Å². The number of nitrogens with one attached hydrogen (secondary N) is 3. The standard InChI is InChI=1S/C25H30N4O5S/c1-15(2)34-25(31)18-6-10-20(11-7-18)29-35(32,33)21-12-13-22-23(14-21)28-24(27-22)17-4-8-19(9-5-17)26-16(3)30/h4-5,8-9,12-15,18,20,29H,6-7,10-11H2,1-3H3,(H,26,30)(H,27,28). The van der Waals surface area contributed by atoms with E-state index in [2.05, 4.69) is 20.0 Å². The number of fused-ring (bicyclic) bond motifs is 1. The van der Waals surface area contributed by atoms with Crippen molar-refractivity contribution in [3.05, 3.63) is 42.5 Å². The van der Waals surface area contributed by atoms with Crippen molar-refractivity contribution in [3.63, 3.8) is 0 Å². The number of aromatic amines is 1. The Morgan fingerprint density at radius 1 is 1.06 bits per heavy atom. The van der Waals surface area contributed by atoms with Crippen LogP contribution < -0.4 is 10.0 Å². The number of rotatable bonds is 7. The van der Waals surface area contributed by atoms with E-state index >= 15 is 0 Å². The summed E-state index contributed by atoms with van der Waals surface area (Å²) in [7, 11) is -3.73. The molecule has 9 nitrogen and oxygen atoms in total. The number of esters is 1. The van der Waals surface area contributed by atoms with E-state index in [-0.39, 0.29) is 34.8 Å². The monoisotopic (exact) mass is 498 g/mol. The van der Waals surface area contributed by atoms with Gasteiger partial charge in [0.25, 0.3) is 0 Å². The fourth-order valence-electron chi connectivity index (χ4n) is 4.27. The molecular weight excluding hydrogens is 468 g/mol. The van der Waals surface area contributed by atoms with Crippen LogP contribution >= 0.6 is 0 Å². The molecule has 0 spiro atoms. The number of hydrogen-bond acceptors (Lipinski definition) is 6. The van der Waals surface area contributed by atoms with Gasteiger partial charge >= 0.3 is 5.97 Å². The summed E-state index contributed by atoms with van der Waals surface area (Å²) in [6.07, 6.45) is 2.22. The van der Waals surface area contributed by atoms with E-state index in [1.165, 1.54) is 6.92 Å². The maximum atomic E-state index is 13.0. The van der Waals surface area contributed by atoms with E-state index in [9.17, 15) is 18.0 Å². The molecule has 1 aliphatic carbocycles. The van der Waals surface area contributed by atoms with Crippen molar-refractivity contribution in [1.29, 1.82) is 0 Å². The molecule has 3 aromatic rings. The lowest BCUT2D eigenvalue weighted by molar-refractivity contribution is -0.153. The van der Waals surface area contributed by atoms with E-state index < -0.39 is 10.0 Å². The summed E-state index contributed by atoms with van der Waals surface area (Å²) in [6.45, 7) is 5.09. The molecule has 186 valence electrons. The largest absolute Gasteiger partial charge is 0.463 e. The van der Waals surface area contributed by atoms with Crippen LogP contribution in [0.15, 0.2) is 47.4 Å². The third kappa shape index (κ3) is 6.07. The van der Waals surface area contributed by atoms with Gasteiger partial charge in [0, 0.05) is 24.2 Å². The number of aromatic nitrogens is 2. The van der Waals surface area contributed by atoms with Crippen molar-refractivity contribution < 1.29 is 22.7 Å². The van der Waals surface area contributed by atoms with Gasteiger partial charge in [0.1, 0.15) is 5.82 Å². The topological polar surface area (TPSA) is 130 Å². The van der Waals surface area contributed by atoms with Crippen molar-refractivity contribution in [2.75, 3.05) is 5.32 Å². The third-order valence-corrected chi connectivity index (χ3v) is 7.49. The summed E-state index contributed by atoms with van der Waals surface area (Å²) in [5, 5.41) is 2.72. The summed E-state index contributed by atoms with van der Waals surface area (Å²) < 4.78 is 34.1. The van der Waals surface area contributed by atoms with Crippen LogP contribution in [0.1, 0.15) is 46.5 Å². The number of benzene rings is 2. The normalized spacial score (nSPS) is 18.5. The highest BCUT2D eigenvalue weighted by Gasteiger charge is 2.30. The van der Waals surface area contributed by atoms with Gasteiger partial charge in [-0.3, -0.25) is 9.59 Å².